The molecule has 3 rings (SSSR count). The van der Waals surface area contributed by atoms with E-state index >= 15 is 0 Å². The highest BCUT2D eigenvalue weighted by Gasteiger charge is 2.32. The summed E-state index contributed by atoms with van der Waals surface area (Å²) in [6.45, 7) is 8.20. The van der Waals surface area contributed by atoms with E-state index in [9.17, 15) is 4.79 Å². The zero-order valence-corrected chi connectivity index (χ0v) is 12.5. The lowest BCUT2D eigenvalue weighted by Crippen LogP contribution is -2.62. The summed E-state index contributed by atoms with van der Waals surface area (Å²) in [6, 6.07) is 0.536. The standard InChI is InChI=1S/C15H26N4O/c1-17-6-7-18-8-9-19(12-14(18)11-17)15(20)10-13-2-4-16-5-3-13/h2,14,16H,3-12H2,1H3. The molecule has 1 amide bonds. The van der Waals surface area contributed by atoms with E-state index in [0.29, 0.717) is 18.4 Å². The molecule has 3 aliphatic rings. The largest absolute Gasteiger partial charge is 0.340 e. The molecule has 5 nitrogen and oxygen atoms in total. The van der Waals surface area contributed by atoms with Crippen molar-refractivity contribution in [1.29, 1.82) is 0 Å². The Morgan fingerprint density at radius 2 is 2.15 bits per heavy atom. The maximum Gasteiger partial charge on any atom is 0.226 e. The molecule has 0 aromatic rings. The predicted molar refractivity (Wildman–Crippen MR) is 79.6 cm³/mol. The highest BCUT2D eigenvalue weighted by molar-refractivity contribution is 5.79. The minimum atomic E-state index is 0.325. The van der Waals surface area contributed by atoms with Crippen LogP contribution in [0.3, 0.4) is 0 Å². The first-order chi connectivity index (χ1) is 9.72. The third-order valence-electron chi connectivity index (χ3n) is 4.78. The lowest BCUT2D eigenvalue weighted by atomic mass is 10.0. The van der Waals surface area contributed by atoms with Crippen molar-refractivity contribution in [3.05, 3.63) is 11.6 Å². The fourth-order valence-corrected chi connectivity index (χ4v) is 3.47. The monoisotopic (exact) mass is 278 g/mol. The second kappa shape index (κ2) is 6.24. The van der Waals surface area contributed by atoms with Crippen LogP contribution >= 0.6 is 0 Å². The fraction of sp³-hybridized carbons (Fsp3) is 0.800. The van der Waals surface area contributed by atoms with Crippen molar-refractivity contribution in [3.63, 3.8) is 0 Å². The van der Waals surface area contributed by atoms with Crippen molar-refractivity contribution in [2.45, 2.75) is 18.9 Å². The number of hydrogen-bond donors (Lipinski definition) is 1. The maximum atomic E-state index is 12.5. The molecule has 0 radical (unpaired) electrons. The predicted octanol–water partition coefficient (Wildman–Crippen LogP) is -0.246. The molecular weight excluding hydrogens is 252 g/mol. The summed E-state index contributed by atoms with van der Waals surface area (Å²) in [6.07, 6.45) is 3.84. The number of rotatable bonds is 2. The SMILES string of the molecule is CN1CCN2CCN(C(=O)CC3=CCNCC3)CC2C1. The van der Waals surface area contributed by atoms with E-state index in [-0.39, 0.29) is 0 Å². The van der Waals surface area contributed by atoms with Gasteiger partial charge in [0.1, 0.15) is 0 Å². The van der Waals surface area contributed by atoms with Gasteiger partial charge in [-0.15, -0.1) is 0 Å². The van der Waals surface area contributed by atoms with Crippen LogP contribution in [0.2, 0.25) is 0 Å². The number of amides is 1. The Hall–Kier alpha value is -0.910. The molecule has 20 heavy (non-hydrogen) atoms. The molecule has 2 fully saturated rings. The van der Waals surface area contributed by atoms with E-state index in [0.717, 1.165) is 58.8 Å². The van der Waals surface area contributed by atoms with Gasteiger partial charge in [-0.3, -0.25) is 9.69 Å². The fourth-order valence-electron chi connectivity index (χ4n) is 3.47. The average molecular weight is 278 g/mol. The van der Waals surface area contributed by atoms with Crippen LogP contribution in [0.25, 0.3) is 0 Å². The number of nitrogens with zero attached hydrogens (tertiary/aromatic N) is 3. The number of nitrogens with one attached hydrogen (secondary N) is 1. The first-order valence-corrected chi connectivity index (χ1v) is 7.81. The van der Waals surface area contributed by atoms with Crippen molar-refractivity contribution in [3.8, 4) is 0 Å². The molecule has 3 aliphatic heterocycles. The third kappa shape index (κ3) is 3.22. The van der Waals surface area contributed by atoms with E-state index in [1.807, 2.05) is 0 Å². The summed E-state index contributed by atoms with van der Waals surface area (Å²) in [5, 5.41) is 3.30. The van der Waals surface area contributed by atoms with Crippen LogP contribution in [0.1, 0.15) is 12.8 Å². The van der Waals surface area contributed by atoms with Crippen molar-refractivity contribution in [2.75, 3.05) is 59.4 Å². The Morgan fingerprint density at radius 1 is 1.30 bits per heavy atom. The molecule has 1 unspecified atom stereocenters. The first kappa shape index (κ1) is 14.0. The topological polar surface area (TPSA) is 38.8 Å². The molecule has 0 aromatic carbocycles. The van der Waals surface area contributed by atoms with E-state index < -0.39 is 0 Å². The molecule has 5 heteroatoms. The normalized spacial score (nSPS) is 28.9. The Morgan fingerprint density at radius 3 is 2.95 bits per heavy atom. The highest BCUT2D eigenvalue weighted by Crippen LogP contribution is 2.17. The van der Waals surface area contributed by atoms with Gasteiger partial charge >= 0.3 is 0 Å². The van der Waals surface area contributed by atoms with Crippen LogP contribution < -0.4 is 5.32 Å². The van der Waals surface area contributed by atoms with Gasteiger partial charge in [-0.1, -0.05) is 11.6 Å². The third-order valence-corrected chi connectivity index (χ3v) is 4.78. The average Bonchev–Trinajstić information content (AvgIpc) is 2.47. The van der Waals surface area contributed by atoms with Crippen LogP contribution in [0.15, 0.2) is 11.6 Å². The summed E-state index contributed by atoms with van der Waals surface area (Å²) in [5.74, 6) is 0.325. The lowest BCUT2D eigenvalue weighted by Gasteiger charge is -2.46. The number of carbonyl (C=O) groups is 1. The molecule has 3 heterocycles. The smallest absolute Gasteiger partial charge is 0.226 e. The molecule has 2 saturated heterocycles. The van der Waals surface area contributed by atoms with Crippen molar-refractivity contribution >= 4 is 5.91 Å². The number of piperazine rings is 2. The van der Waals surface area contributed by atoms with Gasteiger partial charge < -0.3 is 15.1 Å². The zero-order chi connectivity index (χ0) is 13.9. The van der Waals surface area contributed by atoms with Gasteiger partial charge in [-0.2, -0.15) is 0 Å². The van der Waals surface area contributed by atoms with Crippen molar-refractivity contribution in [1.82, 2.24) is 20.0 Å². The second-order valence-corrected chi connectivity index (χ2v) is 6.29. The molecule has 1 atom stereocenters. The zero-order valence-electron chi connectivity index (χ0n) is 12.5. The van der Waals surface area contributed by atoms with Gasteiger partial charge in [-0.25, -0.2) is 0 Å². The van der Waals surface area contributed by atoms with Crippen LogP contribution in [-0.2, 0) is 4.79 Å². The Bertz CT molecular complexity index is 395. The van der Waals surface area contributed by atoms with Gasteiger partial charge in [0.05, 0.1) is 0 Å². The van der Waals surface area contributed by atoms with Gasteiger partial charge in [0.25, 0.3) is 0 Å². The van der Waals surface area contributed by atoms with Gasteiger partial charge in [0, 0.05) is 58.3 Å². The summed E-state index contributed by atoms with van der Waals surface area (Å²) in [4.78, 5) is 19.5. The minimum absolute atomic E-state index is 0.325. The number of fused-ring (bicyclic) bond motifs is 1. The number of carbonyl (C=O) groups excluding carboxylic acids is 1. The highest BCUT2D eigenvalue weighted by atomic mass is 16.2. The van der Waals surface area contributed by atoms with E-state index in [1.54, 1.807) is 0 Å². The van der Waals surface area contributed by atoms with Crippen LogP contribution in [0.4, 0.5) is 0 Å². The van der Waals surface area contributed by atoms with Crippen LogP contribution in [-0.4, -0.2) is 86.1 Å². The molecule has 0 bridgehead atoms. The van der Waals surface area contributed by atoms with Gasteiger partial charge in [0.15, 0.2) is 0 Å². The van der Waals surface area contributed by atoms with E-state index in [1.165, 1.54) is 5.57 Å². The van der Waals surface area contributed by atoms with Crippen molar-refractivity contribution < 1.29 is 4.79 Å². The summed E-state index contributed by atoms with van der Waals surface area (Å²) in [5.41, 5.74) is 1.32. The molecule has 1 N–H and O–H groups in total. The van der Waals surface area contributed by atoms with Crippen LogP contribution in [0, 0.1) is 0 Å². The maximum absolute atomic E-state index is 12.5. The Kier molecular flexibility index (Phi) is 4.38. The molecule has 0 saturated carbocycles. The van der Waals surface area contributed by atoms with Gasteiger partial charge in [-0.05, 0) is 20.0 Å². The van der Waals surface area contributed by atoms with E-state index in [2.05, 4.69) is 33.1 Å². The Balaban J connectivity index is 1.55. The summed E-state index contributed by atoms with van der Waals surface area (Å²) < 4.78 is 0. The molecule has 112 valence electrons. The molecule has 0 spiro atoms. The minimum Gasteiger partial charge on any atom is -0.340 e. The summed E-state index contributed by atoms with van der Waals surface area (Å²) in [7, 11) is 2.18. The number of likely N-dealkylation sites (N-methyl/N-ethyl adjacent to an activating group) is 1. The summed E-state index contributed by atoms with van der Waals surface area (Å²) >= 11 is 0. The molecular formula is C15H26N4O. The van der Waals surface area contributed by atoms with Gasteiger partial charge in [0.2, 0.25) is 5.91 Å². The molecule has 0 aliphatic carbocycles. The Labute approximate surface area is 121 Å². The van der Waals surface area contributed by atoms with Crippen molar-refractivity contribution in [2.24, 2.45) is 0 Å². The second-order valence-electron chi connectivity index (χ2n) is 6.29. The number of hydrogen-bond acceptors (Lipinski definition) is 4. The van der Waals surface area contributed by atoms with Crippen LogP contribution in [0.5, 0.6) is 0 Å². The first-order valence-electron chi connectivity index (χ1n) is 7.81. The lowest BCUT2D eigenvalue weighted by molar-refractivity contribution is -0.134. The quantitative estimate of drug-likeness (QED) is 0.707. The van der Waals surface area contributed by atoms with E-state index in [4.69, 9.17) is 0 Å². The molecule has 0 aromatic heterocycles.